The molecule has 1 aliphatic carbocycles. The highest BCUT2D eigenvalue weighted by Crippen LogP contribution is 2.64. The monoisotopic (exact) mass is 522 g/mol. The van der Waals surface area contributed by atoms with Crippen molar-refractivity contribution in [2.24, 2.45) is 0 Å². The van der Waals surface area contributed by atoms with E-state index in [-0.39, 0.29) is 4.75 Å². The second kappa shape index (κ2) is 8.60. The summed E-state index contributed by atoms with van der Waals surface area (Å²) in [4.78, 5) is 1.51. The van der Waals surface area contributed by atoms with Gasteiger partial charge in [0.1, 0.15) is 0 Å². The maximum atomic E-state index is 2.48. The third kappa shape index (κ3) is 3.46. The van der Waals surface area contributed by atoms with Crippen LogP contribution in [0.4, 0.5) is 0 Å². The van der Waals surface area contributed by atoms with E-state index in [0.717, 1.165) is 0 Å². The third-order valence-corrected chi connectivity index (χ3v) is 13.5. The largest absolute Gasteiger partial charge is 0.215 e. The summed E-state index contributed by atoms with van der Waals surface area (Å²) in [6.45, 7) is 7.19. The lowest BCUT2D eigenvalue weighted by Crippen LogP contribution is -2.23. The number of hydrogen-bond donors (Lipinski definition) is 0. The summed E-state index contributed by atoms with van der Waals surface area (Å²) >= 11 is 0. The Morgan fingerprint density at radius 3 is 1.41 bits per heavy atom. The second-order valence-corrected chi connectivity index (χ2v) is 16.4. The van der Waals surface area contributed by atoms with Crippen molar-refractivity contribution in [2.45, 2.75) is 30.4 Å². The lowest BCUT2D eigenvalue weighted by atomic mass is 9.82. The van der Waals surface area contributed by atoms with Gasteiger partial charge in [0, 0.05) is 0 Å². The topological polar surface area (TPSA) is 0 Å². The standard InChI is InChI=1S/C38H34S/c1-38(2,3)39(4,5)32-24-23-31-35-29(32)21-14-22-30(35)36-33(25-15-8-6-9-16-25)27-19-12-13-20-28(27)34(37(31)36)26-17-10-7-11-18-26/h6-24H,1-5H3. The fourth-order valence-electron chi connectivity index (χ4n) is 6.36. The van der Waals surface area contributed by atoms with Crippen LogP contribution in [-0.4, -0.2) is 17.3 Å². The SMILES string of the molecule is CC(C)(C)S(C)(C)c1ccc2c3c(cccc13)-c1c-2c(-c2ccccc2)c2ccccc2c1-c1ccccc1. The van der Waals surface area contributed by atoms with Gasteiger partial charge in [-0.15, -0.1) is 0 Å². The molecule has 0 aromatic heterocycles. The predicted molar refractivity (Wildman–Crippen MR) is 174 cm³/mol. The molecule has 1 heteroatoms. The molecule has 0 radical (unpaired) electrons. The third-order valence-electron chi connectivity index (χ3n) is 8.96. The Labute approximate surface area is 233 Å². The van der Waals surface area contributed by atoms with Crippen LogP contribution in [0.15, 0.2) is 120 Å². The Bertz CT molecular complexity index is 1800. The summed E-state index contributed by atoms with van der Waals surface area (Å²) < 4.78 is 0.206. The summed E-state index contributed by atoms with van der Waals surface area (Å²) in [6.07, 6.45) is 4.97. The van der Waals surface area contributed by atoms with Gasteiger partial charge in [-0.3, -0.25) is 0 Å². The molecule has 39 heavy (non-hydrogen) atoms. The van der Waals surface area contributed by atoms with Crippen LogP contribution in [0.2, 0.25) is 0 Å². The molecule has 7 rings (SSSR count). The zero-order valence-electron chi connectivity index (χ0n) is 23.4. The van der Waals surface area contributed by atoms with Crippen LogP contribution >= 0.6 is 10.0 Å². The molecule has 0 heterocycles. The van der Waals surface area contributed by atoms with Crippen LogP contribution in [0.3, 0.4) is 0 Å². The van der Waals surface area contributed by atoms with E-state index in [1.807, 2.05) is 0 Å². The van der Waals surface area contributed by atoms with Crippen molar-refractivity contribution in [2.75, 3.05) is 12.5 Å². The van der Waals surface area contributed by atoms with Crippen LogP contribution in [0.1, 0.15) is 20.8 Å². The van der Waals surface area contributed by atoms with Crippen LogP contribution in [-0.2, 0) is 0 Å². The molecule has 0 fully saturated rings. The molecule has 0 amide bonds. The molecule has 192 valence electrons. The Hall–Kier alpha value is -3.81. The number of hydrogen-bond acceptors (Lipinski definition) is 0. The number of rotatable bonds is 3. The van der Waals surface area contributed by atoms with E-state index in [1.165, 1.54) is 70.9 Å². The van der Waals surface area contributed by atoms with Crippen LogP contribution in [0.5, 0.6) is 0 Å². The fraction of sp³-hybridized carbons (Fsp3) is 0.158. The minimum atomic E-state index is -1.06. The van der Waals surface area contributed by atoms with Crippen LogP contribution in [0, 0.1) is 0 Å². The maximum Gasteiger partial charge on any atom is -0.000740 e. The summed E-state index contributed by atoms with van der Waals surface area (Å²) in [7, 11) is -1.06. The van der Waals surface area contributed by atoms with Crippen molar-refractivity contribution in [3.63, 3.8) is 0 Å². The van der Waals surface area contributed by atoms with Gasteiger partial charge in [-0.1, -0.05) is 130 Å². The van der Waals surface area contributed by atoms with Gasteiger partial charge >= 0.3 is 0 Å². The van der Waals surface area contributed by atoms with E-state index in [9.17, 15) is 0 Å². The second-order valence-electron chi connectivity index (χ2n) is 12.1. The Morgan fingerprint density at radius 2 is 0.897 bits per heavy atom. The lowest BCUT2D eigenvalue weighted by molar-refractivity contribution is 0.787. The van der Waals surface area contributed by atoms with E-state index in [2.05, 4.69) is 149 Å². The molecule has 0 unspecified atom stereocenters. The van der Waals surface area contributed by atoms with Gasteiger partial charge in [0.25, 0.3) is 0 Å². The molecule has 0 spiro atoms. The molecule has 0 aliphatic heterocycles. The van der Waals surface area contributed by atoms with Gasteiger partial charge in [-0.25, -0.2) is 10.0 Å². The zero-order valence-corrected chi connectivity index (χ0v) is 24.2. The average Bonchev–Trinajstić information content (AvgIpc) is 3.27. The quantitative estimate of drug-likeness (QED) is 0.216. The van der Waals surface area contributed by atoms with Gasteiger partial charge < -0.3 is 0 Å². The number of fused-ring (bicyclic) bond motifs is 4. The lowest BCUT2D eigenvalue weighted by Gasteiger charge is -2.45. The van der Waals surface area contributed by atoms with Gasteiger partial charge in [0.05, 0.1) is 0 Å². The first-order chi connectivity index (χ1) is 18.8. The highest BCUT2D eigenvalue weighted by molar-refractivity contribution is 8.33. The Morgan fingerprint density at radius 1 is 0.436 bits per heavy atom. The summed E-state index contributed by atoms with van der Waals surface area (Å²) in [5, 5.41) is 5.46. The summed E-state index contributed by atoms with van der Waals surface area (Å²) in [5.41, 5.74) is 10.7. The van der Waals surface area contributed by atoms with Gasteiger partial charge in [-0.05, 0) is 94.3 Å². The molecule has 0 nitrogen and oxygen atoms in total. The van der Waals surface area contributed by atoms with Gasteiger partial charge in [-0.2, -0.15) is 0 Å². The van der Waals surface area contributed by atoms with Crippen molar-refractivity contribution in [3.8, 4) is 44.5 Å². The highest BCUT2D eigenvalue weighted by Gasteiger charge is 2.35. The first-order valence-corrected chi connectivity index (χ1v) is 16.2. The predicted octanol–water partition coefficient (Wildman–Crippen LogP) is 11.2. The van der Waals surface area contributed by atoms with E-state index in [4.69, 9.17) is 0 Å². The van der Waals surface area contributed by atoms with Crippen LogP contribution < -0.4 is 0 Å². The van der Waals surface area contributed by atoms with E-state index >= 15 is 0 Å². The molecule has 6 aromatic rings. The number of benzene rings is 6. The first kappa shape index (κ1) is 24.2. The van der Waals surface area contributed by atoms with Crippen molar-refractivity contribution in [1.29, 1.82) is 0 Å². The van der Waals surface area contributed by atoms with Crippen molar-refractivity contribution in [3.05, 3.63) is 115 Å². The van der Waals surface area contributed by atoms with Crippen molar-refractivity contribution < 1.29 is 0 Å². The molecular formula is C38H34S. The summed E-state index contributed by atoms with van der Waals surface area (Å²) in [5.74, 6) is 0. The minimum absolute atomic E-state index is 0.206. The minimum Gasteiger partial charge on any atom is -0.215 e. The van der Waals surface area contributed by atoms with Gasteiger partial charge in [0.15, 0.2) is 0 Å². The maximum absolute atomic E-state index is 2.48. The van der Waals surface area contributed by atoms with Crippen molar-refractivity contribution in [1.82, 2.24) is 0 Å². The smallest absolute Gasteiger partial charge is 0.000740 e. The molecule has 0 N–H and O–H groups in total. The molecule has 0 atom stereocenters. The highest BCUT2D eigenvalue weighted by atomic mass is 32.3. The van der Waals surface area contributed by atoms with E-state index in [1.54, 1.807) is 0 Å². The Balaban J connectivity index is 1.70. The molecule has 0 saturated heterocycles. The van der Waals surface area contributed by atoms with E-state index < -0.39 is 10.0 Å². The zero-order chi connectivity index (χ0) is 26.9. The normalized spacial score (nSPS) is 13.2. The fourth-order valence-corrected chi connectivity index (χ4v) is 8.15. The summed E-state index contributed by atoms with van der Waals surface area (Å²) in [6, 6.07) is 42.9. The molecule has 0 bridgehead atoms. The molecule has 6 aromatic carbocycles. The average molecular weight is 523 g/mol. The van der Waals surface area contributed by atoms with Gasteiger partial charge in [0.2, 0.25) is 0 Å². The molecule has 0 saturated carbocycles. The first-order valence-electron chi connectivity index (χ1n) is 13.8. The molecule has 1 aliphatic rings. The Kier molecular flexibility index (Phi) is 5.34. The van der Waals surface area contributed by atoms with Crippen molar-refractivity contribution >= 4 is 31.6 Å². The molecular weight excluding hydrogens is 488 g/mol. The van der Waals surface area contributed by atoms with Crippen LogP contribution in [0.25, 0.3) is 66.1 Å². The van der Waals surface area contributed by atoms with E-state index in [0.29, 0.717) is 0 Å².